The van der Waals surface area contributed by atoms with Gasteiger partial charge in [-0.15, -0.1) is 0 Å². The number of rotatable bonds is 8. The Bertz CT molecular complexity index is 833. The number of hydrogen-bond acceptors (Lipinski definition) is 4. The van der Waals surface area contributed by atoms with Crippen LogP contribution >= 0.6 is 0 Å². The zero-order chi connectivity index (χ0) is 21.5. The Hall–Kier alpha value is -2.44. The molecule has 0 radical (unpaired) electrons. The van der Waals surface area contributed by atoms with Crippen LogP contribution in [-0.4, -0.2) is 61.6 Å². The fourth-order valence-corrected chi connectivity index (χ4v) is 3.88. The lowest BCUT2D eigenvalue weighted by molar-refractivity contribution is -0.126. The molecule has 1 heterocycles. The van der Waals surface area contributed by atoms with Crippen LogP contribution in [0.25, 0.3) is 0 Å². The van der Waals surface area contributed by atoms with E-state index in [-0.39, 0.29) is 17.8 Å². The Kier molecular flexibility index (Phi) is 7.82. The van der Waals surface area contributed by atoms with Crippen LogP contribution in [0.3, 0.4) is 0 Å². The zero-order valence-electron chi connectivity index (χ0n) is 18.2. The van der Waals surface area contributed by atoms with Gasteiger partial charge in [-0.3, -0.25) is 14.6 Å². The van der Waals surface area contributed by atoms with Crippen molar-refractivity contribution in [2.75, 3.05) is 39.8 Å². The van der Waals surface area contributed by atoms with E-state index in [4.69, 9.17) is 4.74 Å². The van der Waals surface area contributed by atoms with Crippen LogP contribution in [0.15, 0.2) is 42.5 Å². The molecule has 0 bridgehead atoms. The average Bonchev–Trinajstić information content (AvgIpc) is 2.75. The maximum Gasteiger partial charge on any atom is 0.237 e. The highest BCUT2D eigenvalue weighted by Crippen LogP contribution is 2.22. The first kappa shape index (κ1) is 22.2. The molecular formula is C24H32FN3O2. The number of ether oxygens (including phenoxy) is 1. The zero-order valence-corrected chi connectivity index (χ0v) is 18.2. The highest BCUT2D eigenvalue weighted by atomic mass is 19.1. The van der Waals surface area contributed by atoms with Crippen LogP contribution in [0.2, 0.25) is 0 Å². The van der Waals surface area contributed by atoms with Gasteiger partial charge >= 0.3 is 0 Å². The van der Waals surface area contributed by atoms with Crippen molar-refractivity contribution in [3.05, 3.63) is 65.0 Å². The second-order valence-electron chi connectivity index (χ2n) is 7.97. The molecule has 0 aromatic heterocycles. The molecule has 162 valence electrons. The Labute approximate surface area is 178 Å². The van der Waals surface area contributed by atoms with Crippen molar-refractivity contribution in [2.24, 2.45) is 0 Å². The first-order valence-corrected chi connectivity index (χ1v) is 10.6. The number of nitrogens with zero attached hydrogens (tertiary/aromatic N) is 2. The number of hydrogen-bond donors (Lipinski definition) is 1. The number of carbonyl (C=O) groups excluding carboxylic acids is 1. The standard InChI is InChI=1S/C24H32FN3O2/c1-18-4-9-23(30-3)21(16-18)17-27-12-14-28(15-13-27)19(2)24(29)26-11-10-20-5-7-22(25)8-6-20/h4-9,16,19H,10-15,17H2,1-3H3,(H,26,29)/t19-/m1/s1. The quantitative estimate of drug-likeness (QED) is 0.723. The van der Waals surface area contributed by atoms with Crippen molar-refractivity contribution >= 4 is 5.91 Å². The molecule has 30 heavy (non-hydrogen) atoms. The SMILES string of the molecule is COc1ccc(C)cc1CN1CCN([C@H](C)C(=O)NCCc2ccc(F)cc2)CC1. The third kappa shape index (κ3) is 6.03. The second kappa shape index (κ2) is 10.5. The molecule has 1 fully saturated rings. The normalized spacial score (nSPS) is 16.3. The molecule has 5 nitrogen and oxygen atoms in total. The number of carbonyl (C=O) groups is 1. The lowest BCUT2D eigenvalue weighted by Crippen LogP contribution is -2.53. The lowest BCUT2D eigenvalue weighted by atomic mass is 10.1. The minimum atomic E-state index is -0.239. The van der Waals surface area contributed by atoms with Crippen molar-refractivity contribution in [1.29, 1.82) is 0 Å². The van der Waals surface area contributed by atoms with Gasteiger partial charge in [-0.1, -0.05) is 29.8 Å². The summed E-state index contributed by atoms with van der Waals surface area (Å²) < 4.78 is 18.5. The van der Waals surface area contributed by atoms with Gasteiger partial charge in [0.25, 0.3) is 0 Å². The van der Waals surface area contributed by atoms with Gasteiger partial charge in [0.1, 0.15) is 11.6 Å². The van der Waals surface area contributed by atoms with E-state index in [9.17, 15) is 9.18 Å². The highest BCUT2D eigenvalue weighted by Gasteiger charge is 2.25. The van der Waals surface area contributed by atoms with Gasteiger partial charge in [-0.05, 0) is 44.0 Å². The van der Waals surface area contributed by atoms with Crippen LogP contribution < -0.4 is 10.1 Å². The number of benzene rings is 2. The third-order valence-corrected chi connectivity index (χ3v) is 5.79. The van der Waals surface area contributed by atoms with Crippen LogP contribution in [0, 0.1) is 12.7 Å². The molecule has 1 aliphatic heterocycles. The second-order valence-corrected chi connectivity index (χ2v) is 7.97. The molecule has 0 unspecified atom stereocenters. The van der Waals surface area contributed by atoms with Gasteiger partial charge in [0.15, 0.2) is 0 Å². The van der Waals surface area contributed by atoms with Crippen LogP contribution in [-0.2, 0) is 17.8 Å². The molecule has 1 N–H and O–H groups in total. The molecule has 1 atom stereocenters. The number of methoxy groups -OCH3 is 1. The maximum absolute atomic E-state index is 13.0. The van der Waals surface area contributed by atoms with Gasteiger partial charge < -0.3 is 10.1 Å². The van der Waals surface area contributed by atoms with Crippen molar-refractivity contribution in [3.8, 4) is 5.75 Å². The summed E-state index contributed by atoms with van der Waals surface area (Å²) in [7, 11) is 1.71. The van der Waals surface area contributed by atoms with Gasteiger partial charge in [-0.25, -0.2) is 4.39 Å². The maximum atomic E-state index is 13.0. The number of aryl methyl sites for hydroxylation is 1. The summed E-state index contributed by atoms with van der Waals surface area (Å²) in [5.41, 5.74) is 3.46. The predicted molar refractivity (Wildman–Crippen MR) is 117 cm³/mol. The molecule has 6 heteroatoms. The van der Waals surface area contributed by atoms with E-state index >= 15 is 0 Å². The smallest absolute Gasteiger partial charge is 0.237 e. The van der Waals surface area contributed by atoms with Crippen molar-refractivity contribution in [3.63, 3.8) is 0 Å². The molecule has 1 amide bonds. The Balaban J connectivity index is 1.43. The van der Waals surface area contributed by atoms with E-state index in [1.54, 1.807) is 19.2 Å². The minimum absolute atomic E-state index is 0.0471. The molecule has 0 spiro atoms. The first-order chi connectivity index (χ1) is 14.5. The van der Waals surface area contributed by atoms with E-state index in [0.29, 0.717) is 13.0 Å². The Morgan fingerprint density at radius 1 is 1.13 bits per heavy atom. The molecule has 1 saturated heterocycles. The number of amides is 1. The molecule has 2 aromatic carbocycles. The summed E-state index contributed by atoms with van der Waals surface area (Å²) in [4.78, 5) is 17.2. The van der Waals surface area contributed by atoms with E-state index < -0.39 is 0 Å². The Morgan fingerprint density at radius 2 is 1.83 bits per heavy atom. The highest BCUT2D eigenvalue weighted by molar-refractivity contribution is 5.81. The van der Waals surface area contributed by atoms with E-state index in [1.807, 2.05) is 13.0 Å². The fourth-order valence-electron chi connectivity index (χ4n) is 3.88. The number of halogens is 1. The van der Waals surface area contributed by atoms with E-state index in [1.165, 1.54) is 23.3 Å². The monoisotopic (exact) mass is 413 g/mol. The fraction of sp³-hybridized carbons (Fsp3) is 0.458. The van der Waals surface area contributed by atoms with Crippen molar-refractivity contribution < 1.29 is 13.9 Å². The third-order valence-electron chi connectivity index (χ3n) is 5.79. The lowest BCUT2D eigenvalue weighted by Gasteiger charge is -2.37. The molecule has 1 aliphatic rings. The van der Waals surface area contributed by atoms with Gasteiger partial charge in [0, 0.05) is 44.8 Å². The summed E-state index contributed by atoms with van der Waals surface area (Å²) in [5, 5.41) is 3.01. The summed E-state index contributed by atoms with van der Waals surface area (Å²) in [6.07, 6.45) is 0.699. The van der Waals surface area contributed by atoms with E-state index in [0.717, 1.165) is 44.0 Å². The van der Waals surface area contributed by atoms with Gasteiger partial charge in [-0.2, -0.15) is 0 Å². The molecule has 3 rings (SSSR count). The number of nitrogens with one attached hydrogen (secondary N) is 1. The van der Waals surface area contributed by atoms with Crippen LogP contribution in [0.1, 0.15) is 23.6 Å². The predicted octanol–water partition coefficient (Wildman–Crippen LogP) is 3.01. The average molecular weight is 414 g/mol. The first-order valence-electron chi connectivity index (χ1n) is 10.6. The largest absolute Gasteiger partial charge is 0.496 e. The summed E-state index contributed by atoms with van der Waals surface area (Å²) in [6.45, 7) is 9.04. The van der Waals surface area contributed by atoms with Crippen LogP contribution in [0.4, 0.5) is 4.39 Å². The minimum Gasteiger partial charge on any atom is -0.496 e. The van der Waals surface area contributed by atoms with Crippen molar-refractivity contribution in [2.45, 2.75) is 32.9 Å². The number of piperazine rings is 1. The van der Waals surface area contributed by atoms with E-state index in [2.05, 4.69) is 34.2 Å². The van der Waals surface area contributed by atoms with Crippen molar-refractivity contribution in [1.82, 2.24) is 15.1 Å². The van der Waals surface area contributed by atoms with Gasteiger partial charge in [0.05, 0.1) is 13.2 Å². The molecule has 2 aromatic rings. The topological polar surface area (TPSA) is 44.8 Å². The Morgan fingerprint density at radius 3 is 2.50 bits per heavy atom. The summed E-state index contributed by atoms with van der Waals surface area (Å²) >= 11 is 0. The molecule has 0 saturated carbocycles. The summed E-state index contributed by atoms with van der Waals surface area (Å²) in [5.74, 6) is 0.735. The summed E-state index contributed by atoms with van der Waals surface area (Å²) in [6, 6.07) is 12.5. The van der Waals surface area contributed by atoms with Crippen LogP contribution in [0.5, 0.6) is 5.75 Å². The molecular weight excluding hydrogens is 381 g/mol. The van der Waals surface area contributed by atoms with Gasteiger partial charge in [0.2, 0.25) is 5.91 Å². The molecule has 0 aliphatic carbocycles.